The van der Waals surface area contributed by atoms with E-state index in [9.17, 15) is 19.5 Å². The summed E-state index contributed by atoms with van der Waals surface area (Å²) in [5.41, 5.74) is -0.246. The molecule has 10 nitrogen and oxygen atoms in total. The molecule has 0 bridgehead atoms. The van der Waals surface area contributed by atoms with Gasteiger partial charge in [0.2, 0.25) is 6.29 Å². The Kier molecular flexibility index (Phi) is 4.67. The summed E-state index contributed by atoms with van der Waals surface area (Å²) < 4.78 is 8.72. The molecule has 0 aliphatic rings. The summed E-state index contributed by atoms with van der Waals surface area (Å²) in [6, 6.07) is 3.11. The van der Waals surface area contributed by atoms with Gasteiger partial charge in [-0.25, -0.2) is 14.6 Å². The lowest BCUT2D eigenvalue weighted by molar-refractivity contribution is -0.0701. The highest BCUT2D eigenvalue weighted by molar-refractivity contribution is 5.88. The van der Waals surface area contributed by atoms with Gasteiger partial charge in [-0.3, -0.25) is 18.9 Å². The van der Waals surface area contributed by atoms with Crippen molar-refractivity contribution in [3.05, 3.63) is 57.3 Å². The first-order valence-electron chi connectivity index (χ1n) is 7.80. The number of carbonyl (C=O) groups is 1. The second kappa shape index (κ2) is 6.92. The standard InChI is InChI=1S/C16H17N5O5/c1-19-13-12(14(23)20(2)16(19)25)21(9-18-13)7-5-11(22)26-15(24)10-4-3-6-17-8-10/h3-4,6,8-9,11,22H,5,7H2,1-2H3. The summed E-state index contributed by atoms with van der Waals surface area (Å²) in [6.07, 6.45) is 2.94. The average molecular weight is 359 g/mol. The molecule has 3 aromatic heterocycles. The highest BCUT2D eigenvalue weighted by Gasteiger charge is 2.17. The van der Waals surface area contributed by atoms with Gasteiger partial charge in [-0.05, 0) is 12.1 Å². The molecule has 1 N–H and O–H groups in total. The van der Waals surface area contributed by atoms with Crippen LogP contribution in [0.25, 0.3) is 11.2 Å². The van der Waals surface area contributed by atoms with E-state index in [2.05, 4.69) is 9.97 Å². The van der Waals surface area contributed by atoms with Crippen LogP contribution >= 0.6 is 0 Å². The van der Waals surface area contributed by atoms with Crippen LogP contribution in [0, 0.1) is 0 Å². The van der Waals surface area contributed by atoms with E-state index in [4.69, 9.17) is 4.74 Å². The van der Waals surface area contributed by atoms with Crippen molar-refractivity contribution < 1.29 is 14.6 Å². The molecule has 0 saturated carbocycles. The number of nitrogens with zero attached hydrogens (tertiary/aromatic N) is 5. The molecule has 136 valence electrons. The zero-order chi connectivity index (χ0) is 18.8. The molecule has 3 rings (SSSR count). The fourth-order valence-corrected chi connectivity index (χ4v) is 2.55. The number of imidazole rings is 1. The number of hydrogen-bond acceptors (Lipinski definition) is 7. The van der Waals surface area contributed by atoms with Crippen molar-refractivity contribution in [2.24, 2.45) is 14.1 Å². The molecule has 0 amide bonds. The van der Waals surface area contributed by atoms with E-state index >= 15 is 0 Å². The average Bonchev–Trinajstić information content (AvgIpc) is 3.07. The first-order valence-corrected chi connectivity index (χ1v) is 7.80. The fraction of sp³-hybridized carbons (Fsp3) is 0.312. The lowest BCUT2D eigenvalue weighted by atomic mass is 10.3. The van der Waals surface area contributed by atoms with Gasteiger partial charge >= 0.3 is 11.7 Å². The number of carbonyl (C=O) groups excluding carboxylic acids is 1. The molecule has 0 fully saturated rings. The highest BCUT2D eigenvalue weighted by Crippen LogP contribution is 2.09. The Morgan fingerprint density at radius 2 is 2.08 bits per heavy atom. The zero-order valence-corrected chi connectivity index (χ0v) is 14.2. The topological polar surface area (TPSA) is 121 Å². The van der Waals surface area contributed by atoms with Crippen LogP contribution in [0.3, 0.4) is 0 Å². The van der Waals surface area contributed by atoms with Crippen molar-refractivity contribution in [2.75, 3.05) is 0 Å². The van der Waals surface area contributed by atoms with Crippen LogP contribution in [0.15, 0.2) is 40.4 Å². The van der Waals surface area contributed by atoms with Crippen LogP contribution in [0.1, 0.15) is 16.8 Å². The van der Waals surface area contributed by atoms with Crippen LogP contribution in [0.2, 0.25) is 0 Å². The number of aromatic nitrogens is 5. The predicted octanol–water partition coefficient (Wildman–Crippen LogP) is -0.606. The lowest BCUT2D eigenvalue weighted by Gasteiger charge is -2.12. The molecular formula is C16H17N5O5. The molecule has 0 aliphatic heterocycles. The maximum atomic E-state index is 12.3. The van der Waals surface area contributed by atoms with Gasteiger partial charge in [-0.15, -0.1) is 0 Å². The fourth-order valence-electron chi connectivity index (χ4n) is 2.55. The minimum Gasteiger partial charge on any atom is -0.432 e. The van der Waals surface area contributed by atoms with E-state index in [1.54, 1.807) is 6.07 Å². The number of aryl methyl sites for hydroxylation is 2. The number of rotatable bonds is 5. The van der Waals surface area contributed by atoms with E-state index in [1.165, 1.54) is 48.0 Å². The molecule has 3 aromatic rings. The number of pyridine rings is 1. The Balaban J connectivity index is 1.75. The van der Waals surface area contributed by atoms with Gasteiger partial charge in [-0.1, -0.05) is 0 Å². The van der Waals surface area contributed by atoms with Crippen LogP contribution in [0.4, 0.5) is 0 Å². The van der Waals surface area contributed by atoms with E-state index in [-0.39, 0.29) is 29.7 Å². The molecule has 0 saturated heterocycles. The summed E-state index contributed by atoms with van der Waals surface area (Å²) in [4.78, 5) is 44.0. The van der Waals surface area contributed by atoms with Crippen molar-refractivity contribution >= 4 is 17.1 Å². The molecule has 3 heterocycles. The first-order chi connectivity index (χ1) is 12.4. The summed E-state index contributed by atoms with van der Waals surface area (Å²) in [5.74, 6) is -0.695. The van der Waals surface area contributed by atoms with Gasteiger partial charge in [0.25, 0.3) is 5.56 Å². The van der Waals surface area contributed by atoms with Crippen LogP contribution < -0.4 is 11.2 Å². The Hall–Kier alpha value is -3.27. The molecule has 0 aromatic carbocycles. The molecule has 26 heavy (non-hydrogen) atoms. The van der Waals surface area contributed by atoms with Crippen molar-refractivity contribution in [2.45, 2.75) is 19.3 Å². The van der Waals surface area contributed by atoms with Gasteiger partial charge in [0.15, 0.2) is 11.2 Å². The quantitative estimate of drug-likeness (QED) is 0.476. The second-order valence-corrected chi connectivity index (χ2v) is 5.71. The van der Waals surface area contributed by atoms with Crippen LogP contribution in [-0.2, 0) is 25.4 Å². The SMILES string of the molecule is Cn1c(=O)c2c(ncn2CCC(O)OC(=O)c2cccnc2)n(C)c1=O. The number of aliphatic hydroxyl groups is 1. The molecule has 0 aliphatic carbocycles. The number of esters is 1. The third kappa shape index (κ3) is 3.14. The van der Waals surface area contributed by atoms with Crippen molar-refractivity contribution in [1.82, 2.24) is 23.7 Å². The Bertz CT molecular complexity index is 1070. The number of ether oxygens (including phenoxy) is 1. The summed E-state index contributed by atoms with van der Waals surface area (Å²) >= 11 is 0. The maximum Gasteiger partial charge on any atom is 0.342 e. The Morgan fingerprint density at radius 3 is 2.77 bits per heavy atom. The van der Waals surface area contributed by atoms with E-state index < -0.39 is 23.5 Å². The maximum absolute atomic E-state index is 12.3. The van der Waals surface area contributed by atoms with E-state index in [0.717, 1.165) is 4.57 Å². The summed E-state index contributed by atoms with van der Waals surface area (Å²) in [5, 5.41) is 9.94. The van der Waals surface area contributed by atoms with Gasteiger partial charge in [0, 0.05) is 39.5 Å². The van der Waals surface area contributed by atoms with E-state index in [1.807, 2.05) is 0 Å². The van der Waals surface area contributed by atoms with Gasteiger partial charge in [0.1, 0.15) is 0 Å². The minimum absolute atomic E-state index is 0.0451. The number of fused-ring (bicyclic) bond motifs is 1. The van der Waals surface area contributed by atoms with Crippen LogP contribution in [-0.4, -0.2) is 41.0 Å². The molecule has 1 atom stereocenters. The third-order valence-corrected chi connectivity index (χ3v) is 3.97. The van der Waals surface area contributed by atoms with Crippen molar-refractivity contribution in [3.8, 4) is 0 Å². The van der Waals surface area contributed by atoms with Crippen molar-refractivity contribution in [3.63, 3.8) is 0 Å². The van der Waals surface area contributed by atoms with Gasteiger partial charge < -0.3 is 14.4 Å². The zero-order valence-electron chi connectivity index (χ0n) is 14.2. The monoisotopic (exact) mass is 359 g/mol. The predicted molar refractivity (Wildman–Crippen MR) is 90.5 cm³/mol. The minimum atomic E-state index is -1.36. The second-order valence-electron chi connectivity index (χ2n) is 5.71. The summed E-state index contributed by atoms with van der Waals surface area (Å²) in [7, 11) is 2.90. The largest absolute Gasteiger partial charge is 0.432 e. The van der Waals surface area contributed by atoms with Crippen molar-refractivity contribution in [1.29, 1.82) is 0 Å². The smallest absolute Gasteiger partial charge is 0.342 e. The Labute approximate surface area is 146 Å². The first kappa shape index (κ1) is 17.5. The van der Waals surface area contributed by atoms with Crippen LogP contribution in [0.5, 0.6) is 0 Å². The van der Waals surface area contributed by atoms with Gasteiger partial charge in [0.05, 0.1) is 11.9 Å². The third-order valence-electron chi connectivity index (χ3n) is 3.97. The number of aliphatic hydroxyl groups excluding tert-OH is 1. The lowest BCUT2D eigenvalue weighted by Crippen LogP contribution is -2.37. The Morgan fingerprint density at radius 1 is 1.31 bits per heavy atom. The van der Waals surface area contributed by atoms with E-state index in [0.29, 0.717) is 0 Å². The molecule has 0 spiro atoms. The summed E-state index contributed by atoms with van der Waals surface area (Å²) in [6.45, 7) is 0.172. The molecule has 1 unspecified atom stereocenters. The highest BCUT2D eigenvalue weighted by atomic mass is 16.6. The van der Waals surface area contributed by atoms with Gasteiger partial charge in [-0.2, -0.15) is 0 Å². The number of hydrogen-bond donors (Lipinski definition) is 1. The molecular weight excluding hydrogens is 342 g/mol. The molecule has 0 radical (unpaired) electrons. The molecule has 10 heteroatoms. The normalized spacial score (nSPS) is 12.3.